The van der Waals surface area contributed by atoms with Gasteiger partial charge in [0.25, 0.3) is 5.91 Å². The van der Waals surface area contributed by atoms with Crippen molar-refractivity contribution in [1.29, 1.82) is 5.26 Å². The van der Waals surface area contributed by atoms with Crippen LogP contribution < -0.4 is 9.80 Å². The zero-order valence-corrected chi connectivity index (χ0v) is 21.6. The van der Waals surface area contributed by atoms with E-state index in [0.717, 1.165) is 23.1 Å². The molecule has 0 unspecified atom stereocenters. The van der Waals surface area contributed by atoms with Gasteiger partial charge < -0.3 is 14.5 Å². The van der Waals surface area contributed by atoms with Gasteiger partial charge in [-0.25, -0.2) is 9.18 Å². The van der Waals surface area contributed by atoms with Gasteiger partial charge in [-0.15, -0.1) is 0 Å². The minimum absolute atomic E-state index is 0.0370. The van der Waals surface area contributed by atoms with E-state index in [2.05, 4.69) is 0 Å². The van der Waals surface area contributed by atoms with Crippen LogP contribution in [0.3, 0.4) is 0 Å². The second-order valence-electron chi connectivity index (χ2n) is 9.74. The highest BCUT2D eigenvalue weighted by Gasteiger charge is 2.60. The summed E-state index contributed by atoms with van der Waals surface area (Å²) < 4.78 is 59.1. The Morgan fingerprint density at radius 1 is 1.02 bits per heavy atom. The van der Waals surface area contributed by atoms with Gasteiger partial charge in [-0.1, -0.05) is 24.3 Å². The average Bonchev–Trinajstić information content (AvgIpc) is 2.93. The number of nitriles is 1. The minimum Gasteiger partial charge on any atom is -0.465 e. The van der Waals surface area contributed by atoms with Crippen LogP contribution in [0.5, 0.6) is 0 Å². The Labute approximate surface area is 231 Å². The molecule has 2 heterocycles. The van der Waals surface area contributed by atoms with Crippen molar-refractivity contribution in [3.05, 3.63) is 94.8 Å². The van der Waals surface area contributed by atoms with Crippen molar-refractivity contribution in [1.82, 2.24) is 4.90 Å². The first-order valence-corrected chi connectivity index (χ1v) is 12.4. The Hall–Kier alpha value is -4.92. The highest BCUT2D eigenvalue weighted by Crippen LogP contribution is 2.41. The lowest BCUT2D eigenvalue weighted by molar-refractivity contribution is -0.153. The summed E-state index contributed by atoms with van der Waals surface area (Å²) in [7, 11) is 1.23. The lowest BCUT2D eigenvalue weighted by Crippen LogP contribution is -2.81. The number of nitrogens with zero attached hydrogens (tertiary/aromatic N) is 4. The fourth-order valence-electron chi connectivity index (χ4n) is 5.20. The molecule has 210 valence electrons. The number of halogens is 4. The minimum atomic E-state index is -4.54. The maximum absolute atomic E-state index is 15.0. The summed E-state index contributed by atoms with van der Waals surface area (Å²) in [5.74, 6) is -2.60. The standard InChI is InChI=1S/C29H22F4N4O4/c1-41-26(39)21-4-2-3-5-23(21)35-16-28(17-35)27(40)36(24-11-8-19(13-34)12-22(24)30)15-25(38)37(28)14-18-6-9-20(10-7-18)29(31,32)33/h2-12H,14-17H2,1H3. The summed E-state index contributed by atoms with van der Waals surface area (Å²) in [6.07, 6.45) is -4.54. The number of benzene rings is 3. The van der Waals surface area contributed by atoms with E-state index in [1.807, 2.05) is 6.07 Å². The van der Waals surface area contributed by atoms with E-state index < -0.39 is 47.4 Å². The predicted octanol–water partition coefficient (Wildman–Crippen LogP) is 4.14. The molecule has 0 aromatic heterocycles. The van der Waals surface area contributed by atoms with Crippen LogP contribution in [-0.4, -0.2) is 55.0 Å². The number of para-hydroxylation sites is 1. The molecule has 2 aliphatic heterocycles. The van der Waals surface area contributed by atoms with Crippen LogP contribution >= 0.6 is 0 Å². The quantitative estimate of drug-likeness (QED) is 0.341. The number of amides is 2. The molecule has 0 radical (unpaired) electrons. The molecule has 3 aromatic rings. The van der Waals surface area contributed by atoms with Crippen molar-refractivity contribution in [2.45, 2.75) is 18.3 Å². The maximum Gasteiger partial charge on any atom is 0.416 e. The summed E-state index contributed by atoms with van der Waals surface area (Å²) in [6, 6.07) is 16.2. The predicted molar refractivity (Wildman–Crippen MR) is 138 cm³/mol. The molecule has 0 saturated carbocycles. The van der Waals surface area contributed by atoms with Crippen LogP contribution in [0.1, 0.15) is 27.0 Å². The summed E-state index contributed by atoms with van der Waals surface area (Å²) in [4.78, 5) is 44.0. The van der Waals surface area contributed by atoms with Crippen molar-refractivity contribution in [3.8, 4) is 6.07 Å². The monoisotopic (exact) mass is 566 g/mol. The van der Waals surface area contributed by atoms with E-state index >= 15 is 0 Å². The molecular weight excluding hydrogens is 544 g/mol. The SMILES string of the molecule is COC(=O)c1ccccc1N1CC2(C1)C(=O)N(c1ccc(C#N)cc1F)CC(=O)N2Cc1ccc(C(F)(F)F)cc1. The third-order valence-electron chi connectivity index (χ3n) is 7.30. The van der Waals surface area contributed by atoms with Gasteiger partial charge in [-0.3, -0.25) is 14.5 Å². The van der Waals surface area contributed by atoms with Gasteiger partial charge in [0.1, 0.15) is 12.4 Å². The number of anilines is 2. The lowest BCUT2D eigenvalue weighted by atomic mass is 9.82. The Balaban J connectivity index is 1.52. The first kappa shape index (κ1) is 27.6. The third kappa shape index (κ3) is 4.84. The summed E-state index contributed by atoms with van der Waals surface area (Å²) in [5.41, 5.74) is -1.44. The molecular formula is C29H22F4N4O4. The molecule has 41 heavy (non-hydrogen) atoms. The normalized spacial score (nSPS) is 16.4. The van der Waals surface area contributed by atoms with Crippen molar-refractivity contribution >= 4 is 29.2 Å². The van der Waals surface area contributed by atoms with Crippen LogP contribution in [0.15, 0.2) is 66.7 Å². The Bertz CT molecular complexity index is 1580. The molecule has 0 atom stereocenters. The average molecular weight is 567 g/mol. The number of rotatable bonds is 5. The fourth-order valence-corrected chi connectivity index (χ4v) is 5.20. The number of methoxy groups -OCH3 is 1. The molecule has 2 saturated heterocycles. The molecule has 3 aromatic carbocycles. The number of piperazine rings is 1. The number of ether oxygens (including phenoxy) is 1. The molecule has 1 spiro atoms. The van der Waals surface area contributed by atoms with Crippen LogP contribution in [0.25, 0.3) is 0 Å². The molecule has 2 amide bonds. The van der Waals surface area contributed by atoms with Crippen molar-refractivity contribution in [3.63, 3.8) is 0 Å². The van der Waals surface area contributed by atoms with Gasteiger partial charge in [0.05, 0.1) is 54.3 Å². The maximum atomic E-state index is 15.0. The zero-order chi connectivity index (χ0) is 29.5. The topological polar surface area (TPSA) is 94.0 Å². The molecule has 2 aliphatic rings. The number of alkyl halides is 3. The molecule has 5 rings (SSSR count). The highest BCUT2D eigenvalue weighted by atomic mass is 19.4. The molecule has 0 bridgehead atoms. The molecule has 12 heteroatoms. The second kappa shape index (κ2) is 10.2. The van der Waals surface area contributed by atoms with Crippen LogP contribution in [0.4, 0.5) is 28.9 Å². The molecule has 0 aliphatic carbocycles. The van der Waals surface area contributed by atoms with Crippen LogP contribution in [0.2, 0.25) is 0 Å². The van der Waals surface area contributed by atoms with Gasteiger partial charge >= 0.3 is 12.1 Å². The van der Waals surface area contributed by atoms with Crippen molar-refractivity contribution in [2.75, 3.05) is 36.5 Å². The van der Waals surface area contributed by atoms with E-state index in [-0.39, 0.29) is 36.4 Å². The van der Waals surface area contributed by atoms with Gasteiger partial charge in [0.15, 0.2) is 5.54 Å². The number of esters is 1. The number of carbonyl (C=O) groups is 3. The van der Waals surface area contributed by atoms with E-state index in [9.17, 15) is 31.9 Å². The Kier molecular flexibility index (Phi) is 6.90. The van der Waals surface area contributed by atoms with Gasteiger partial charge in [0.2, 0.25) is 5.91 Å². The van der Waals surface area contributed by atoms with Crippen LogP contribution in [0, 0.1) is 17.1 Å². The number of carbonyl (C=O) groups excluding carboxylic acids is 3. The van der Waals surface area contributed by atoms with Gasteiger partial charge in [-0.2, -0.15) is 18.4 Å². The largest absolute Gasteiger partial charge is 0.465 e. The second-order valence-corrected chi connectivity index (χ2v) is 9.74. The van der Waals surface area contributed by atoms with Crippen LogP contribution in [-0.2, 0) is 27.0 Å². The smallest absolute Gasteiger partial charge is 0.416 e. The van der Waals surface area contributed by atoms with Crippen molar-refractivity contribution < 1.29 is 36.7 Å². The fraction of sp³-hybridized carbons (Fsp3) is 0.241. The van der Waals surface area contributed by atoms with E-state index in [1.54, 1.807) is 29.2 Å². The summed E-state index contributed by atoms with van der Waals surface area (Å²) in [5, 5.41) is 9.08. The summed E-state index contributed by atoms with van der Waals surface area (Å²) >= 11 is 0. The first-order valence-electron chi connectivity index (χ1n) is 12.4. The highest BCUT2D eigenvalue weighted by molar-refractivity contribution is 6.11. The molecule has 0 N–H and O–H groups in total. The van der Waals surface area contributed by atoms with Gasteiger partial charge in [-0.05, 0) is 48.0 Å². The molecule has 8 nitrogen and oxygen atoms in total. The Morgan fingerprint density at radius 3 is 2.32 bits per heavy atom. The number of hydrogen-bond acceptors (Lipinski definition) is 6. The third-order valence-corrected chi connectivity index (χ3v) is 7.30. The number of hydrogen-bond donors (Lipinski definition) is 0. The van der Waals surface area contributed by atoms with E-state index in [1.165, 1.54) is 36.3 Å². The van der Waals surface area contributed by atoms with Gasteiger partial charge in [0, 0.05) is 6.54 Å². The van der Waals surface area contributed by atoms with E-state index in [4.69, 9.17) is 10.00 Å². The molecule has 2 fully saturated rings. The van der Waals surface area contributed by atoms with Crippen molar-refractivity contribution in [2.24, 2.45) is 0 Å². The Morgan fingerprint density at radius 2 is 1.71 bits per heavy atom. The zero-order valence-electron chi connectivity index (χ0n) is 21.6. The lowest BCUT2D eigenvalue weighted by Gasteiger charge is -2.58. The summed E-state index contributed by atoms with van der Waals surface area (Å²) in [6.45, 7) is -0.817. The first-order chi connectivity index (χ1) is 19.5. The van der Waals surface area contributed by atoms with E-state index in [0.29, 0.717) is 11.3 Å².